The summed E-state index contributed by atoms with van der Waals surface area (Å²) in [4.78, 5) is 23.7. The van der Waals surface area contributed by atoms with Crippen LogP contribution >= 0.6 is 17.0 Å². The third-order valence-corrected chi connectivity index (χ3v) is 2.67. The van der Waals surface area contributed by atoms with Gasteiger partial charge in [0, 0.05) is 11.1 Å². The summed E-state index contributed by atoms with van der Waals surface area (Å²) in [5, 5.41) is 2.63. The van der Waals surface area contributed by atoms with Crippen LogP contribution in [-0.4, -0.2) is 18.2 Å². The number of anilines is 1. The van der Waals surface area contributed by atoms with E-state index < -0.39 is 0 Å². The third kappa shape index (κ3) is 3.76. The van der Waals surface area contributed by atoms with Gasteiger partial charge in [-0.25, -0.2) is 0 Å². The molecule has 0 heterocycles. The van der Waals surface area contributed by atoms with Crippen molar-refractivity contribution in [3.63, 3.8) is 0 Å². The number of carbonyl (C=O) groups is 2. The molecule has 0 aliphatic carbocycles. The molecule has 0 aliphatic heterocycles. The van der Waals surface area contributed by atoms with Gasteiger partial charge >= 0.3 is 0 Å². The molecule has 5 heteroatoms. The molecule has 3 N–H and O–H groups in total. The molecule has 0 saturated carbocycles. The van der Waals surface area contributed by atoms with Crippen molar-refractivity contribution in [1.29, 1.82) is 0 Å². The SMILES string of the molecule is Br.NCC(=O)Nc1ccccc1C(=O)c1ccccc1. The Hall–Kier alpha value is -1.98. The second kappa shape index (κ2) is 7.57. The minimum absolute atomic E-state index is 0. The van der Waals surface area contributed by atoms with E-state index in [-0.39, 0.29) is 35.2 Å². The van der Waals surface area contributed by atoms with Crippen LogP contribution in [0.25, 0.3) is 0 Å². The Balaban J connectivity index is 0.00000200. The van der Waals surface area contributed by atoms with E-state index in [0.717, 1.165) is 0 Å². The van der Waals surface area contributed by atoms with Crippen LogP contribution in [0.3, 0.4) is 0 Å². The van der Waals surface area contributed by atoms with Gasteiger partial charge in [0.25, 0.3) is 0 Å². The van der Waals surface area contributed by atoms with Crippen molar-refractivity contribution >= 4 is 34.4 Å². The first kappa shape index (κ1) is 16.1. The summed E-state index contributed by atoms with van der Waals surface area (Å²) in [6, 6.07) is 15.8. The normalized spacial score (nSPS) is 9.45. The molecule has 0 aliphatic rings. The van der Waals surface area contributed by atoms with Gasteiger partial charge in [-0.3, -0.25) is 9.59 Å². The van der Waals surface area contributed by atoms with Crippen molar-refractivity contribution in [2.75, 3.05) is 11.9 Å². The lowest BCUT2D eigenvalue weighted by Crippen LogP contribution is -2.23. The van der Waals surface area contributed by atoms with Gasteiger partial charge in [-0.1, -0.05) is 42.5 Å². The Morgan fingerprint density at radius 2 is 1.55 bits per heavy atom. The van der Waals surface area contributed by atoms with Gasteiger partial charge in [0.05, 0.1) is 12.2 Å². The maximum atomic E-state index is 12.4. The van der Waals surface area contributed by atoms with Crippen LogP contribution in [0.2, 0.25) is 0 Å². The number of ketones is 1. The van der Waals surface area contributed by atoms with Crippen LogP contribution < -0.4 is 11.1 Å². The highest BCUT2D eigenvalue weighted by Gasteiger charge is 2.13. The van der Waals surface area contributed by atoms with Crippen LogP contribution in [0.4, 0.5) is 5.69 Å². The van der Waals surface area contributed by atoms with Gasteiger partial charge in [0.15, 0.2) is 5.78 Å². The molecule has 2 aromatic rings. The molecule has 0 atom stereocenters. The Kier molecular flexibility index (Phi) is 6.09. The number of hydrogen-bond acceptors (Lipinski definition) is 3. The zero-order chi connectivity index (χ0) is 13.7. The molecule has 0 unspecified atom stereocenters. The number of nitrogens with one attached hydrogen (secondary N) is 1. The molecule has 0 aromatic heterocycles. The van der Waals surface area contributed by atoms with Crippen LogP contribution in [0.5, 0.6) is 0 Å². The average molecular weight is 335 g/mol. The minimum Gasteiger partial charge on any atom is -0.324 e. The van der Waals surface area contributed by atoms with Gasteiger partial charge in [0.1, 0.15) is 0 Å². The number of benzene rings is 2. The highest BCUT2D eigenvalue weighted by atomic mass is 79.9. The van der Waals surface area contributed by atoms with Crippen LogP contribution in [0.1, 0.15) is 15.9 Å². The molecule has 104 valence electrons. The lowest BCUT2D eigenvalue weighted by atomic mass is 10.0. The van der Waals surface area contributed by atoms with E-state index in [9.17, 15) is 9.59 Å². The standard InChI is InChI=1S/C15H14N2O2.BrH/c16-10-14(18)17-13-9-5-4-8-12(13)15(19)11-6-2-1-3-7-11;/h1-9H,10,16H2,(H,17,18);1H. The van der Waals surface area contributed by atoms with E-state index in [1.807, 2.05) is 6.07 Å². The van der Waals surface area contributed by atoms with E-state index >= 15 is 0 Å². The fourth-order valence-corrected chi connectivity index (χ4v) is 1.74. The molecule has 0 fully saturated rings. The predicted molar refractivity (Wildman–Crippen MR) is 84.3 cm³/mol. The first-order valence-corrected chi connectivity index (χ1v) is 5.91. The Morgan fingerprint density at radius 3 is 2.20 bits per heavy atom. The van der Waals surface area contributed by atoms with Gasteiger partial charge < -0.3 is 11.1 Å². The molecule has 0 saturated heterocycles. The van der Waals surface area contributed by atoms with Crippen molar-refractivity contribution in [2.45, 2.75) is 0 Å². The fourth-order valence-electron chi connectivity index (χ4n) is 1.74. The number of carbonyl (C=O) groups excluding carboxylic acids is 2. The largest absolute Gasteiger partial charge is 0.324 e. The summed E-state index contributed by atoms with van der Waals surface area (Å²) in [6.07, 6.45) is 0. The summed E-state index contributed by atoms with van der Waals surface area (Å²) in [5.74, 6) is -0.457. The Labute approximate surface area is 127 Å². The first-order chi connectivity index (χ1) is 9.22. The number of amides is 1. The molecular weight excluding hydrogens is 320 g/mol. The highest BCUT2D eigenvalue weighted by molar-refractivity contribution is 8.93. The summed E-state index contributed by atoms with van der Waals surface area (Å²) in [7, 11) is 0. The second-order valence-corrected chi connectivity index (χ2v) is 3.99. The second-order valence-electron chi connectivity index (χ2n) is 3.99. The molecule has 20 heavy (non-hydrogen) atoms. The highest BCUT2D eigenvalue weighted by Crippen LogP contribution is 2.19. The first-order valence-electron chi connectivity index (χ1n) is 5.91. The maximum absolute atomic E-state index is 12.4. The molecule has 4 nitrogen and oxygen atoms in total. The van der Waals surface area contributed by atoms with E-state index in [4.69, 9.17) is 5.73 Å². The van der Waals surface area contributed by atoms with E-state index in [1.165, 1.54) is 0 Å². The van der Waals surface area contributed by atoms with E-state index in [1.54, 1.807) is 48.5 Å². The molecular formula is C15H15BrN2O2. The number of halogens is 1. The monoisotopic (exact) mass is 334 g/mol. The van der Waals surface area contributed by atoms with Crippen LogP contribution in [-0.2, 0) is 4.79 Å². The zero-order valence-electron chi connectivity index (χ0n) is 10.7. The summed E-state index contributed by atoms with van der Waals surface area (Å²) >= 11 is 0. The van der Waals surface area contributed by atoms with Crippen LogP contribution in [0.15, 0.2) is 54.6 Å². The lowest BCUT2D eigenvalue weighted by Gasteiger charge is -2.09. The predicted octanol–water partition coefficient (Wildman–Crippen LogP) is 2.39. The van der Waals surface area contributed by atoms with Crippen molar-refractivity contribution < 1.29 is 9.59 Å². The van der Waals surface area contributed by atoms with Gasteiger partial charge in [-0.2, -0.15) is 0 Å². The molecule has 0 spiro atoms. The number of rotatable bonds is 4. The molecule has 2 rings (SSSR count). The quantitative estimate of drug-likeness (QED) is 0.843. The average Bonchev–Trinajstić information content (AvgIpc) is 2.48. The number of para-hydroxylation sites is 1. The van der Waals surface area contributed by atoms with Gasteiger partial charge in [-0.15, -0.1) is 17.0 Å². The smallest absolute Gasteiger partial charge is 0.238 e. The number of nitrogens with two attached hydrogens (primary N) is 1. The summed E-state index contributed by atoms with van der Waals surface area (Å²) in [6.45, 7) is -0.117. The zero-order valence-corrected chi connectivity index (χ0v) is 12.4. The van der Waals surface area contributed by atoms with Crippen molar-refractivity contribution in [1.82, 2.24) is 0 Å². The van der Waals surface area contributed by atoms with E-state index in [0.29, 0.717) is 16.8 Å². The van der Waals surface area contributed by atoms with Gasteiger partial charge in [0.2, 0.25) is 5.91 Å². The summed E-state index contributed by atoms with van der Waals surface area (Å²) < 4.78 is 0. The van der Waals surface area contributed by atoms with E-state index in [2.05, 4.69) is 5.32 Å². The molecule has 1 amide bonds. The van der Waals surface area contributed by atoms with Gasteiger partial charge in [-0.05, 0) is 12.1 Å². The Morgan fingerprint density at radius 1 is 0.950 bits per heavy atom. The topological polar surface area (TPSA) is 72.2 Å². The minimum atomic E-state index is -0.326. The molecule has 0 bridgehead atoms. The van der Waals surface area contributed by atoms with Crippen molar-refractivity contribution in [2.24, 2.45) is 5.73 Å². The maximum Gasteiger partial charge on any atom is 0.238 e. The molecule has 0 radical (unpaired) electrons. The van der Waals surface area contributed by atoms with Crippen molar-refractivity contribution in [3.8, 4) is 0 Å². The fraction of sp³-hybridized carbons (Fsp3) is 0.0667. The lowest BCUT2D eigenvalue weighted by molar-refractivity contribution is -0.114. The Bertz CT molecular complexity index is 600. The third-order valence-electron chi connectivity index (χ3n) is 2.67. The number of hydrogen-bond donors (Lipinski definition) is 2. The molecule has 2 aromatic carbocycles. The van der Waals surface area contributed by atoms with Crippen molar-refractivity contribution in [3.05, 3.63) is 65.7 Å². The van der Waals surface area contributed by atoms with Crippen LogP contribution in [0, 0.1) is 0 Å². The summed E-state index contributed by atoms with van der Waals surface area (Å²) in [5.41, 5.74) is 6.77.